The lowest BCUT2D eigenvalue weighted by molar-refractivity contribution is -0.222. The Morgan fingerprint density at radius 2 is 1.00 bits per heavy atom. The van der Waals surface area contributed by atoms with Crippen molar-refractivity contribution in [3.8, 4) is 0 Å². The summed E-state index contributed by atoms with van der Waals surface area (Å²) in [6.45, 7) is 0. The predicted molar refractivity (Wildman–Crippen MR) is 143 cm³/mol. The van der Waals surface area contributed by atoms with Gasteiger partial charge in [-0.3, -0.25) is 0 Å². The van der Waals surface area contributed by atoms with Crippen molar-refractivity contribution in [1.82, 2.24) is 0 Å². The highest BCUT2D eigenvalue weighted by atomic mass is 32.3. The van der Waals surface area contributed by atoms with Crippen molar-refractivity contribution in [2.75, 3.05) is 0 Å². The Morgan fingerprint density at radius 1 is 0.550 bits per heavy atom. The van der Waals surface area contributed by atoms with Gasteiger partial charge in [-0.25, -0.2) is 8.02 Å². The molecule has 0 saturated heterocycles. The summed E-state index contributed by atoms with van der Waals surface area (Å²) in [6, 6.07) is 30.8. The molecule has 40 heavy (non-hydrogen) atoms. The van der Waals surface area contributed by atoms with Crippen LogP contribution in [0.5, 0.6) is 0 Å². The molecule has 0 aliphatic heterocycles. The zero-order valence-electron chi connectivity index (χ0n) is 20.4. The number of fused-ring (bicyclic) bond motifs is 2. The molecule has 0 aliphatic rings. The molecule has 0 radical (unpaired) electrons. The van der Waals surface area contributed by atoms with Gasteiger partial charge < -0.3 is 0 Å². The van der Waals surface area contributed by atoms with Crippen molar-refractivity contribution < 1.29 is 38.4 Å². The lowest BCUT2D eigenvalue weighted by atomic mass is 10.0. The molecular weight excluding hydrogens is 574 g/mol. The lowest BCUT2D eigenvalue weighted by Crippen LogP contribution is -2.48. The van der Waals surface area contributed by atoms with E-state index in [4.69, 9.17) is 3.63 Å². The fourth-order valence-corrected chi connectivity index (χ4v) is 9.56. The Kier molecular flexibility index (Phi) is 7.10. The molecule has 5 rings (SSSR count). The van der Waals surface area contributed by atoms with Gasteiger partial charge in [-0.1, -0.05) is 66.7 Å². The number of alkyl halides is 6. The summed E-state index contributed by atoms with van der Waals surface area (Å²) in [5.74, 6) is 0. The van der Waals surface area contributed by atoms with E-state index in [2.05, 4.69) is 0 Å². The molecular formula is C29H20F6O3S2. The Labute approximate surface area is 227 Å². The fraction of sp³-hybridized carbons (Fsp3) is 0.103. The normalized spacial score (nSPS) is 14.3. The predicted octanol–water partition coefficient (Wildman–Crippen LogP) is 9.03. The maximum atomic E-state index is 14.8. The molecule has 0 heterocycles. The summed E-state index contributed by atoms with van der Waals surface area (Å²) in [7, 11) is -10.2. The van der Waals surface area contributed by atoms with Crippen molar-refractivity contribution in [1.29, 1.82) is 0 Å². The summed E-state index contributed by atoms with van der Waals surface area (Å²) in [6.07, 6.45) is -11.2. The van der Waals surface area contributed by atoms with E-state index in [0.29, 0.717) is 5.39 Å². The number of hydrogen-bond acceptors (Lipinski definition) is 3. The Morgan fingerprint density at radius 3 is 1.50 bits per heavy atom. The van der Waals surface area contributed by atoms with Crippen molar-refractivity contribution in [3.05, 3.63) is 115 Å². The van der Waals surface area contributed by atoms with E-state index < -0.39 is 38.0 Å². The average molecular weight is 595 g/mol. The van der Waals surface area contributed by atoms with Crippen LogP contribution in [-0.2, 0) is 13.7 Å². The first-order chi connectivity index (χ1) is 18.9. The van der Waals surface area contributed by atoms with Crippen LogP contribution in [0.25, 0.3) is 21.5 Å². The van der Waals surface area contributed by atoms with Crippen LogP contribution in [0.4, 0.5) is 26.3 Å². The van der Waals surface area contributed by atoms with Gasteiger partial charge in [0.2, 0.25) is 0 Å². The van der Waals surface area contributed by atoms with E-state index in [1.807, 2.05) is 36.4 Å². The van der Waals surface area contributed by atoms with Crippen LogP contribution in [-0.4, -0.2) is 26.0 Å². The van der Waals surface area contributed by atoms with E-state index in [0.717, 1.165) is 16.2 Å². The molecule has 0 aromatic heterocycles. The number of rotatable bonds is 7. The lowest BCUT2D eigenvalue weighted by Gasteiger charge is -2.40. The first-order valence-electron chi connectivity index (χ1n) is 11.8. The highest BCUT2D eigenvalue weighted by Gasteiger charge is 2.66. The number of halogens is 6. The van der Waals surface area contributed by atoms with Crippen LogP contribution >= 0.6 is 10.3 Å². The van der Waals surface area contributed by atoms with Crippen LogP contribution in [0.3, 0.4) is 0 Å². The molecule has 5 aromatic rings. The zero-order chi connectivity index (χ0) is 28.8. The van der Waals surface area contributed by atoms with Crippen molar-refractivity contribution in [2.24, 2.45) is 0 Å². The van der Waals surface area contributed by atoms with Gasteiger partial charge in [-0.05, 0) is 80.4 Å². The zero-order valence-corrected chi connectivity index (χ0v) is 22.0. The van der Waals surface area contributed by atoms with Gasteiger partial charge in [0.15, 0.2) is 0 Å². The minimum Gasteiger partial charge on any atom is -0.229 e. The molecule has 0 aliphatic carbocycles. The van der Waals surface area contributed by atoms with Crippen LogP contribution in [0.15, 0.2) is 130 Å². The summed E-state index contributed by atoms with van der Waals surface area (Å²) < 4.78 is 114. The fourth-order valence-electron chi connectivity index (χ4n) is 4.34. The van der Waals surface area contributed by atoms with E-state index in [9.17, 15) is 34.8 Å². The highest BCUT2D eigenvalue weighted by molar-refractivity contribution is 8.33. The van der Waals surface area contributed by atoms with Gasteiger partial charge in [0.25, 0.3) is 6.17 Å². The van der Waals surface area contributed by atoms with Gasteiger partial charge in [0.1, 0.15) is 0 Å². The van der Waals surface area contributed by atoms with E-state index in [-0.39, 0.29) is 14.7 Å². The van der Waals surface area contributed by atoms with Gasteiger partial charge >= 0.3 is 21.5 Å². The molecule has 5 aromatic carbocycles. The standard InChI is InChI=1S/C29H20F6O3S2/c30-27(28(31,32)33)29(34,35)40(36,37)38-39(24-11-3-1-4-12-24,25-13-5-2-6-14-25)26-16-15-22-17-20-9-7-8-10-21(20)18-23(22)19-26/h1-19,27H. The molecule has 0 saturated carbocycles. The second-order valence-corrected chi connectivity index (χ2v) is 13.4. The summed E-state index contributed by atoms with van der Waals surface area (Å²) in [5.41, 5.74) is 0. The SMILES string of the molecule is O=S(=O)(OS(c1ccccc1)(c1ccccc1)c1ccc2cc3ccccc3cc2c1)C(F)(F)C(F)C(F)(F)F. The van der Waals surface area contributed by atoms with E-state index in [1.54, 1.807) is 24.3 Å². The van der Waals surface area contributed by atoms with Crippen molar-refractivity contribution in [3.63, 3.8) is 0 Å². The molecule has 0 fully saturated rings. The monoisotopic (exact) mass is 594 g/mol. The molecule has 3 nitrogen and oxygen atoms in total. The summed E-state index contributed by atoms with van der Waals surface area (Å²) in [5, 5.41) is -2.82. The minimum absolute atomic E-state index is 0.100. The van der Waals surface area contributed by atoms with Crippen molar-refractivity contribution >= 4 is 42.0 Å². The highest BCUT2D eigenvalue weighted by Crippen LogP contribution is 2.71. The average Bonchev–Trinajstić information content (AvgIpc) is 2.94. The molecule has 0 amide bonds. The minimum atomic E-state index is -6.52. The van der Waals surface area contributed by atoms with Crippen LogP contribution in [0.2, 0.25) is 0 Å². The Balaban J connectivity index is 1.81. The van der Waals surface area contributed by atoms with Gasteiger partial charge in [0.05, 0.1) is 0 Å². The van der Waals surface area contributed by atoms with Gasteiger partial charge in [-0.2, -0.15) is 30.4 Å². The topological polar surface area (TPSA) is 43.4 Å². The van der Waals surface area contributed by atoms with Crippen LogP contribution < -0.4 is 0 Å². The molecule has 0 N–H and O–H groups in total. The summed E-state index contributed by atoms with van der Waals surface area (Å²) in [4.78, 5) is 0.306. The molecule has 1 unspecified atom stereocenters. The molecule has 11 heteroatoms. The third kappa shape index (κ3) is 4.82. The maximum Gasteiger partial charge on any atom is 0.426 e. The molecule has 0 bridgehead atoms. The number of hydrogen-bond donors (Lipinski definition) is 0. The Bertz CT molecular complexity index is 1740. The van der Waals surface area contributed by atoms with Crippen molar-refractivity contribution in [2.45, 2.75) is 32.3 Å². The van der Waals surface area contributed by atoms with Gasteiger partial charge in [-0.15, -0.1) is 0 Å². The first-order valence-corrected chi connectivity index (χ1v) is 14.7. The molecule has 1 atom stereocenters. The van der Waals surface area contributed by atoms with Crippen LogP contribution in [0.1, 0.15) is 0 Å². The van der Waals surface area contributed by atoms with Gasteiger partial charge in [0, 0.05) is 14.7 Å². The number of benzene rings is 5. The maximum absolute atomic E-state index is 14.8. The third-order valence-electron chi connectivity index (χ3n) is 6.27. The van der Waals surface area contributed by atoms with E-state index >= 15 is 0 Å². The Hall–Kier alpha value is -3.54. The second-order valence-electron chi connectivity index (χ2n) is 8.88. The van der Waals surface area contributed by atoms with Crippen LogP contribution in [0, 0.1) is 0 Å². The smallest absolute Gasteiger partial charge is 0.229 e. The second kappa shape index (κ2) is 10.1. The van der Waals surface area contributed by atoms with E-state index in [1.165, 1.54) is 54.6 Å². The summed E-state index contributed by atoms with van der Waals surface area (Å²) >= 11 is 0. The largest absolute Gasteiger partial charge is 0.426 e. The quantitative estimate of drug-likeness (QED) is 0.140. The molecule has 208 valence electrons. The third-order valence-corrected chi connectivity index (χ3v) is 11.5. The first kappa shape index (κ1) is 28.0. The molecule has 0 spiro atoms.